The second kappa shape index (κ2) is 6.21. The number of hydrogen-bond acceptors (Lipinski definition) is 7. The van der Waals surface area contributed by atoms with Crippen molar-refractivity contribution < 1.29 is 9.63 Å². The van der Waals surface area contributed by atoms with E-state index in [-0.39, 0.29) is 6.04 Å². The first kappa shape index (κ1) is 15.5. The maximum absolute atomic E-state index is 10.5. The van der Waals surface area contributed by atoms with Gasteiger partial charge in [0.05, 0.1) is 12.1 Å². The Labute approximate surface area is 150 Å². The van der Waals surface area contributed by atoms with Crippen molar-refractivity contribution in [3.8, 4) is 11.4 Å². The highest BCUT2D eigenvalue weighted by atomic mass is 16.5. The molecule has 1 aliphatic heterocycles. The van der Waals surface area contributed by atoms with Crippen molar-refractivity contribution in [3.05, 3.63) is 43.0 Å². The number of nitrogens with zero attached hydrogens (tertiary/aromatic N) is 6. The smallest absolute Gasteiger partial charge is 0.324 e. The van der Waals surface area contributed by atoms with Gasteiger partial charge in [0.25, 0.3) is 0 Å². The Morgan fingerprint density at radius 1 is 1.08 bits per heavy atom. The van der Waals surface area contributed by atoms with Crippen LogP contribution in [0.1, 0.15) is 18.9 Å². The highest BCUT2D eigenvalue weighted by Crippen LogP contribution is 2.42. The predicted octanol–water partition coefficient (Wildman–Crippen LogP) is 1.78. The van der Waals surface area contributed by atoms with Gasteiger partial charge in [0.15, 0.2) is 0 Å². The van der Waals surface area contributed by atoms with Gasteiger partial charge in [-0.05, 0) is 24.7 Å². The van der Waals surface area contributed by atoms with E-state index in [1.165, 1.54) is 6.33 Å². The van der Waals surface area contributed by atoms with Gasteiger partial charge in [0.1, 0.15) is 12.7 Å². The zero-order valence-corrected chi connectivity index (χ0v) is 14.2. The largest absolute Gasteiger partial charge is 0.391 e. The van der Waals surface area contributed by atoms with Crippen LogP contribution in [-0.2, 0) is 0 Å². The average molecular weight is 352 g/mol. The van der Waals surface area contributed by atoms with Crippen molar-refractivity contribution in [2.24, 2.45) is 11.8 Å². The van der Waals surface area contributed by atoms with Crippen LogP contribution in [0.5, 0.6) is 0 Å². The summed E-state index contributed by atoms with van der Waals surface area (Å²) in [6, 6.07) is 10.4. The fraction of sp³-hybridized carbons (Fsp3) is 0.444. The maximum atomic E-state index is 10.5. The molecule has 1 saturated heterocycles. The van der Waals surface area contributed by atoms with Crippen LogP contribution in [0.3, 0.4) is 0 Å². The second-order valence-corrected chi connectivity index (χ2v) is 7.17. The van der Waals surface area contributed by atoms with Crippen molar-refractivity contribution in [1.82, 2.24) is 24.9 Å². The average Bonchev–Trinajstić information content (AvgIpc) is 3.41. The Bertz CT molecular complexity index is 865. The number of benzene rings is 1. The minimum atomic E-state index is -0.402. The van der Waals surface area contributed by atoms with Crippen LogP contribution >= 0.6 is 0 Å². The van der Waals surface area contributed by atoms with Crippen molar-refractivity contribution in [3.63, 3.8) is 0 Å². The molecule has 4 atom stereocenters. The molecule has 8 heteroatoms. The number of anilines is 1. The molecule has 5 rings (SSSR count). The van der Waals surface area contributed by atoms with E-state index < -0.39 is 6.10 Å². The van der Waals surface area contributed by atoms with E-state index in [9.17, 15) is 5.11 Å². The molecule has 2 aromatic heterocycles. The second-order valence-electron chi connectivity index (χ2n) is 7.17. The Hall–Kier alpha value is -2.74. The summed E-state index contributed by atoms with van der Waals surface area (Å²) in [7, 11) is 0. The van der Waals surface area contributed by atoms with Gasteiger partial charge in [-0.25, -0.2) is 9.67 Å². The molecule has 1 N–H and O–H groups in total. The van der Waals surface area contributed by atoms with Crippen LogP contribution in [0.15, 0.2) is 47.5 Å². The van der Waals surface area contributed by atoms with E-state index in [1.807, 2.05) is 30.3 Å². The molecule has 0 radical (unpaired) electrons. The first-order chi connectivity index (χ1) is 12.8. The number of aliphatic hydroxyl groups excluding tert-OH is 1. The van der Waals surface area contributed by atoms with E-state index in [0.29, 0.717) is 23.7 Å². The van der Waals surface area contributed by atoms with E-state index >= 15 is 0 Å². The van der Waals surface area contributed by atoms with Crippen LogP contribution in [0, 0.1) is 11.8 Å². The highest BCUT2D eigenvalue weighted by molar-refractivity contribution is 5.55. The van der Waals surface area contributed by atoms with E-state index in [2.05, 4.69) is 25.1 Å². The first-order valence-electron chi connectivity index (χ1n) is 8.94. The SMILES string of the molecule is O[C@@H]1C[C@H]2CN(c3nc(-c4ccccc4)no3)C[C@H]2C[C@H]1n1cncn1. The number of aromatic nitrogens is 5. The lowest BCUT2D eigenvalue weighted by Crippen LogP contribution is -2.36. The van der Waals surface area contributed by atoms with Crippen LogP contribution in [0.2, 0.25) is 0 Å². The summed E-state index contributed by atoms with van der Waals surface area (Å²) in [5, 5.41) is 18.9. The topological polar surface area (TPSA) is 93.1 Å². The van der Waals surface area contributed by atoms with Crippen molar-refractivity contribution in [2.45, 2.75) is 25.0 Å². The lowest BCUT2D eigenvalue weighted by Gasteiger charge is -2.34. The monoisotopic (exact) mass is 352 g/mol. The zero-order valence-electron chi connectivity index (χ0n) is 14.2. The normalized spacial score (nSPS) is 28.3. The van der Waals surface area contributed by atoms with Gasteiger partial charge in [0, 0.05) is 18.7 Å². The number of aliphatic hydroxyl groups is 1. The molecule has 1 aromatic carbocycles. The van der Waals surface area contributed by atoms with E-state index in [0.717, 1.165) is 31.5 Å². The molecule has 134 valence electrons. The summed E-state index contributed by atoms with van der Waals surface area (Å²) in [5.41, 5.74) is 0.945. The lowest BCUT2D eigenvalue weighted by molar-refractivity contribution is 0.0305. The van der Waals surface area contributed by atoms with Gasteiger partial charge in [-0.15, -0.1) is 0 Å². The van der Waals surface area contributed by atoms with Crippen molar-refractivity contribution >= 4 is 6.01 Å². The summed E-state index contributed by atoms with van der Waals surface area (Å²) in [6.45, 7) is 1.70. The molecule has 1 aliphatic carbocycles. The van der Waals surface area contributed by atoms with E-state index in [4.69, 9.17) is 4.52 Å². The molecule has 1 saturated carbocycles. The van der Waals surface area contributed by atoms with Crippen LogP contribution in [0.4, 0.5) is 6.01 Å². The summed E-state index contributed by atoms with van der Waals surface area (Å²) in [4.78, 5) is 10.7. The first-order valence-corrected chi connectivity index (χ1v) is 8.94. The summed E-state index contributed by atoms with van der Waals surface area (Å²) in [5.74, 6) is 1.51. The third-order valence-electron chi connectivity index (χ3n) is 5.60. The summed E-state index contributed by atoms with van der Waals surface area (Å²) >= 11 is 0. The van der Waals surface area contributed by atoms with Crippen molar-refractivity contribution in [1.29, 1.82) is 0 Å². The van der Waals surface area contributed by atoms with Crippen molar-refractivity contribution in [2.75, 3.05) is 18.0 Å². The minimum Gasteiger partial charge on any atom is -0.391 e. The highest BCUT2D eigenvalue weighted by Gasteiger charge is 2.43. The Kier molecular flexibility index (Phi) is 3.70. The Morgan fingerprint density at radius 2 is 1.88 bits per heavy atom. The Morgan fingerprint density at radius 3 is 2.65 bits per heavy atom. The molecule has 0 amide bonds. The third kappa shape index (κ3) is 2.66. The molecule has 0 spiro atoms. The molecular formula is C18H20N6O2. The molecule has 0 unspecified atom stereocenters. The molecule has 2 aliphatic rings. The van der Waals surface area contributed by atoms with Gasteiger partial charge >= 0.3 is 6.01 Å². The molecule has 3 heterocycles. The van der Waals surface area contributed by atoms with Gasteiger partial charge < -0.3 is 14.5 Å². The molecule has 0 bridgehead atoms. The van der Waals surface area contributed by atoms with Crippen LogP contribution in [-0.4, -0.2) is 49.2 Å². The molecule has 2 fully saturated rings. The van der Waals surface area contributed by atoms with E-state index in [1.54, 1.807) is 11.0 Å². The fourth-order valence-corrected chi connectivity index (χ4v) is 4.28. The molecule has 3 aromatic rings. The van der Waals surface area contributed by atoms with Gasteiger partial charge in [0.2, 0.25) is 5.82 Å². The number of fused-ring (bicyclic) bond motifs is 1. The fourth-order valence-electron chi connectivity index (χ4n) is 4.28. The predicted molar refractivity (Wildman–Crippen MR) is 93.2 cm³/mol. The standard InChI is InChI=1S/C18H20N6O2/c25-16-7-14-9-23(8-13(14)6-15(16)24-11-19-10-20-24)18-21-17(22-26-18)12-4-2-1-3-5-12/h1-5,10-11,13-16,25H,6-9H2/t13-,14+,15-,16-/m1/s1. The molecule has 26 heavy (non-hydrogen) atoms. The molecule has 8 nitrogen and oxygen atoms in total. The number of rotatable bonds is 3. The Balaban J connectivity index is 1.32. The molecular weight excluding hydrogens is 332 g/mol. The van der Waals surface area contributed by atoms with Gasteiger partial charge in [-0.1, -0.05) is 35.5 Å². The third-order valence-corrected chi connectivity index (χ3v) is 5.60. The van der Waals surface area contributed by atoms with Crippen LogP contribution in [0.25, 0.3) is 11.4 Å². The zero-order chi connectivity index (χ0) is 17.5. The quantitative estimate of drug-likeness (QED) is 0.768. The summed E-state index contributed by atoms with van der Waals surface area (Å²) in [6.07, 6.45) is 4.44. The lowest BCUT2D eigenvalue weighted by atomic mass is 9.77. The van der Waals surface area contributed by atoms with Crippen LogP contribution < -0.4 is 4.90 Å². The number of hydrogen-bond donors (Lipinski definition) is 1. The minimum absolute atomic E-state index is 0.0127. The summed E-state index contributed by atoms with van der Waals surface area (Å²) < 4.78 is 7.29. The maximum Gasteiger partial charge on any atom is 0.324 e. The van der Waals surface area contributed by atoms with Gasteiger partial charge in [-0.2, -0.15) is 10.1 Å². The van der Waals surface area contributed by atoms with Gasteiger partial charge in [-0.3, -0.25) is 0 Å².